The summed E-state index contributed by atoms with van der Waals surface area (Å²) in [6.45, 7) is 3.93. The minimum atomic E-state index is -0.403. The number of nitro groups is 1. The SMILES string of the molecule is Cc1cc([N+](=O)[O-])c(C)cc1OCCCO. The summed E-state index contributed by atoms with van der Waals surface area (Å²) in [6, 6.07) is 3.16. The van der Waals surface area contributed by atoms with Gasteiger partial charge in [0.1, 0.15) is 5.75 Å². The molecule has 0 atom stereocenters. The van der Waals surface area contributed by atoms with Gasteiger partial charge in [0, 0.05) is 24.7 Å². The van der Waals surface area contributed by atoms with Crippen molar-refractivity contribution in [3.8, 4) is 5.75 Å². The van der Waals surface area contributed by atoms with Crippen molar-refractivity contribution in [3.63, 3.8) is 0 Å². The second-order valence-electron chi connectivity index (χ2n) is 3.59. The number of hydrogen-bond donors (Lipinski definition) is 1. The third kappa shape index (κ3) is 2.93. The molecule has 1 aromatic rings. The highest BCUT2D eigenvalue weighted by Gasteiger charge is 2.13. The van der Waals surface area contributed by atoms with Gasteiger partial charge in [-0.05, 0) is 25.5 Å². The lowest BCUT2D eigenvalue weighted by molar-refractivity contribution is -0.385. The predicted molar refractivity (Wildman–Crippen MR) is 59.8 cm³/mol. The van der Waals surface area contributed by atoms with Gasteiger partial charge in [-0.2, -0.15) is 0 Å². The zero-order valence-electron chi connectivity index (χ0n) is 9.40. The van der Waals surface area contributed by atoms with E-state index in [4.69, 9.17) is 9.84 Å². The van der Waals surface area contributed by atoms with Gasteiger partial charge in [0.2, 0.25) is 0 Å². The fraction of sp³-hybridized carbons (Fsp3) is 0.455. The number of aliphatic hydroxyl groups excluding tert-OH is 1. The molecular formula is C11H15NO4. The molecule has 0 aliphatic rings. The molecule has 0 saturated heterocycles. The molecule has 1 N–H and O–H groups in total. The molecule has 0 radical (unpaired) electrons. The molecule has 0 aliphatic heterocycles. The first kappa shape index (κ1) is 12.4. The average molecular weight is 225 g/mol. The summed E-state index contributed by atoms with van der Waals surface area (Å²) in [5.41, 5.74) is 1.41. The van der Waals surface area contributed by atoms with E-state index in [9.17, 15) is 10.1 Å². The lowest BCUT2D eigenvalue weighted by Crippen LogP contribution is -2.02. The molecule has 0 saturated carbocycles. The Morgan fingerprint density at radius 2 is 2.06 bits per heavy atom. The van der Waals surface area contributed by atoms with Crippen LogP contribution in [0, 0.1) is 24.0 Å². The Bertz CT molecular complexity index is 390. The highest BCUT2D eigenvalue weighted by molar-refractivity contribution is 5.49. The lowest BCUT2D eigenvalue weighted by atomic mass is 10.1. The van der Waals surface area contributed by atoms with Gasteiger partial charge in [0.25, 0.3) is 5.69 Å². The number of rotatable bonds is 5. The summed E-state index contributed by atoms with van der Waals surface area (Å²) in [7, 11) is 0. The Kier molecular flexibility index (Phi) is 4.25. The van der Waals surface area contributed by atoms with Crippen molar-refractivity contribution in [2.45, 2.75) is 20.3 Å². The van der Waals surface area contributed by atoms with Crippen LogP contribution in [-0.2, 0) is 0 Å². The third-order valence-corrected chi connectivity index (χ3v) is 2.25. The summed E-state index contributed by atoms with van der Waals surface area (Å²) in [5, 5.41) is 19.3. The van der Waals surface area contributed by atoms with Crippen molar-refractivity contribution in [2.24, 2.45) is 0 Å². The largest absolute Gasteiger partial charge is 0.493 e. The van der Waals surface area contributed by atoms with E-state index in [0.29, 0.717) is 24.3 Å². The maximum atomic E-state index is 10.7. The fourth-order valence-corrected chi connectivity index (χ4v) is 1.37. The molecule has 0 amide bonds. The third-order valence-electron chi connectivity index (χ3n) is 2.25. The molecule has 5 nitrogen and oxygen atoms in total. The molecule has 1 aromatic carbocycles. The van der Waals surface area contributed by atoms with Crippen LogP contribution in [0.4, 0.5) is 5.69 Å². The van der Waals surface area contributed by atoms with Crippen LogP contribution in [0.15, 0.2) is 12.1 Å². The van der Waals surface area contributed by atoms with Crippen molar-refractivity contribution >= 4 is 5.69 Å². The van der Waals surface area contributed by atoms with E-state index in [1.54, 1.807) is 19.9 Å². The van der Waals surface area contributed by atoms with Crippen LogP contribution in [0.3, 0.4) is 0 Å². The van der Waals surface area contributed by atoms with Gasteiger partial charge in [-0.1, -0.05) is 0 Å². The molecule has 5 heteroatoms. The second kappa shape index (κ2) is 5.46. The summed E-state index contributed by atoms with van der Waals surface area (Å²) < 4.78 is 5.41. The first-order chi connectivity index (χ1) is 7.56. The van der Waals surface area contributed by atoms with Crippen molar-refractivity contribution < 1.29 is 14.8 Å². The van der Waals surface area contributed by atoms with Crippen LogP contribution in [0.5, 0.6) is 5.75 Å². The van der Waals surface area contributed by atoms with Gasteiger partial charge >= 0.3 is 0 Å². The number of hydrogen-bond acceptors (Lipinski definition) is 4. The molecular weight excluding hydrogens is 210 g/mol. The van der Waals surface area contributed by atoms with Crippen molar-refractivity contribution in [2.75, 3.05) is 13.2 Å². The van der Waals surface area contributed by atoms with E-state index in [1.165, 1.54) is 6.07 Å². The number of nitro benzene ring substituents is 1. The predicted octanol–water partition coefficient (Wildman–Crippen LogP) is 1.97. The highest BCUT2D eigenvalue weighted by Crippen LogP contribution is 2.27. The Hall–Kier alpha value is -1.62. The van der Waals surface area contributed by atoms with Crippen LogP contribution in [0.1, 0.15) is 17.5 Å². The van der Waals surface area contributed by atoms with E-state index in [-0.39, 0.29) is 12.3 Å². The Morgan fingerprint density at radius 3 is 2.62 bits per heavy atom. The smallest absolute Gasteiger partial charge is 0.272 e. The molecule has 0 aliphatic carbocycles. The van der Waals surface area contributed by atoms with Crippen LogP contribution >= 0.6 is 0 Å². The minimum Gasteiger partial charge on any atom is -0.493 e. The molecule has 0 bridgehead atoms. The maximum absolute atomic E-state index is 10.7. The Balaban J connectivity index is 2.88. The number of nitrogens with zero attached hydrogens (tertiary/aromatic N) is 1. The molecule has 0 fully saturated rings. The van der Waals surface area contributed by atoms with Gasteiger partial charge in [-0.15, -0.1) is 0 Å². The molecule has 88 valence electrons. The van der Waals surface area contributed by atoms with E-state index >= 15 is 0 Å². The van der Waals surface area contributed by atoms with Gasteiger partial charge < -0.3 is 9.84 Å². The first-order valence-electron chi connectivity index (χ1n) is 5.05. The molecule has 16 heavy (non-hydrogen) atoms. The Labute approximate surface area is 93.8 Å². The van der Waals surface area contributed by atoms with E-state index in [0.717, 1.165) is 5.56 Å². The maximum Gasteiger partial charge on any atom is 0.272 e. The topological polar surface area (TPSA) is 72.6 Å². The van der Waals surface area contributed by atoms with Gasteiger partial charge in [-0.3, -0.25) is 10.1 Å². The van der Waals surface area contributed by atoms with E-state index in [2.05, 4.69) is 0 Å². The van der Waals surface area contributed by atoms with Crippen molar-refractivity contribution in [1.82, 2.24) is 0 Å². The van der Waals surface area contributed by atoms with Crippen LogP contribution in [0.2, 0.25) is 0 Å². The first-order valence-corrected chi connectivity index (χ1v) is 5.05. The molecule has 0 unspecified atom stereocenters. The number of aliphatic hydroxyl groups is 1. The molecule has 1 rings (SSSR count). The Morgan fingerprint density at radius 1 is 1.38 bits per heavy atom. The summed E-state index contributed by atoms with van der Waals surface area (Å²) in [4.78, 5) is 10.3. The van der Waals surface area contributed by atoms with Crippen LogP contribution in [-0.4, -0.2) is 23.2 Å². The van der Waals surface area contributed by atoms with Gasteiger partial charge in [0.05, 0.1) is 11.5 Å². The second-order valence-corrected chi connectivity index (χ2v) is 3.59. The molecule has 0 spiro atoms. The van der Waals surface area contributed by atoms with Gasteiger partial charge in [-0.25, -0.2) is 0 Å². The average Bonchev–Trinajstić information content (AvgIpc) is 2.22. The summed E-state index contributed by atoms with van der Waals surface area (Å²) >= 11 is 0. The fourth-order valence-electron chi connectivity index (χ4n) is 1.37. The quantitative estimate of drug-likeness (QED) is 0.472. The van der Waals surface area contributed by atoms with Crippen molar-refractivity contribution in [3.05, 3.63) is 33.4 Å². The number of ether oxygens (including phenoxy) is 1. The lowest BCUT2D eigenvalue weighted by Gasteiger charge is -2.09. The van der Waals surface area contributed by atoms with Crippen LogP contribution in [0.25, 0.3) is 0 Å². The number of aryl methyl sites for hydroxylation is 2. The molecule has 0 heterocycles. The number of benzene rings is 1. The normalized spacial score (nSPS) is 10.2. The van der Waals surface area contributed by atoms with E-state index in [1.807, 2.05) is 0 Å². The van der Waals surface area contributed by atoms with E-state index < -0.39 is 4.92 Å². The summed E-state index contributed by atoms with van der Waals surface area (Å²) in [5.74, 6) is 0.636. The summed E-state index contributed by atoms with van der Waals surface area (Å²) in [6.07, 6.45) is 0.551. The van der Waals surface area contributed by atoms with Crippen LogP contribution < -0.4 is 4.74 Å². The monoisotopic (exact) mass is 225 g/mol. The minimum absolute atomic E-state index is 0.0744. The van der Waals surface area contributed by atoms with Gasteiger partial charge in [0.15, 0.2) is 0 Å². The highest BCUT2D eigenvalue weighted by atomic mass is 16.6. The zero-order chi connectivity index (χ0) is 12.1. The van der Waals surface area contributed by atoms with Crippen molar-refractivity contribution in [1.29, 1.82) is 0 Å². The molecule has 0 aromatic heterocycles. The zero-order valence-corrected chi connectivity index (χ0v) is 9.40. The standard InChI is InChI=1S/C11H15NO4/c1-8-7-11(16-5-3-4-13)9(2)6-10(8)12(14)15/h6-7,13H,3-5H2,1-2H3.